The van der Waals surface area contributed by atoms with Crippen molar-refractivity contribution in [2.75, 3.05) is 5.75 Å². The van der Waals surface area contributed by atoms with Crippen molar-refractivity contribution in [2.45, 2.75) is 38.0 Å². The number of thiocarbonyl (C=S) groups is 1. The summed E-state index contributed by atoms with van der Waals surface area (Å²) in [6.45, 7) is 4.37. The fourth-order valence-electron chi connectivity index (χ4n) is 3.01. The van der Waals surface area contributed by atoms with Crippen molar-refractivity contribution in [1.29, 1.82) is 0 Å². The molecule has 0 fully saturated rings. The molecule has 3 aromatic rings. The zero-order valence-electron chi connectivity index (χ0n) is 18.4. The molecule has 1 nitrogen and oxygen atoms in total. The van der Waals surface area contributed by atoms with Crippen molar-refractivity contribution in [3.05, 3.63) is 94.5 Å². The lowest BCUT2D eigenvalue weighted by Gasteiger charge is -2.02. The lowest BCUT2D eigenvalue weighted by molar-refractivity contribution is 0.896. The van der Waals surface area contributed by atoms with Crippen molar-refractivity contribution < 1.29 is 0 Å². The molecule has 3 aromatic carbocycles. The second kappa shape index (κ2) is 12.7. The van der Waals surface area contributed by atoms with Gasteiger partial charge in [-0.25, -0.2) is 0 Å². The molecule has 0 heterocycles. The first kappa shape index (κ1) is 23.6. The van der Waals surface area contributed by atoms with E-state index < -0.39 is 0 Å². The zero-order chi connectivity index (χ0) is 22.6. The third kappa shape index (κ3) is 7.26. The normalized spacial score (nSPS) is 9.69. The van der Waals surface area contributed by atoms with E-state index in [1.165, 1.54) is 29.1 Å². The SMILES string of the molecule is CCCCSc1ccc(C#Cc2ccc(C#Cc3ccc(N=C=S)cc3)c(CC)c2)cc1. The van der Waals surface area contributed by atoms with Crippen LogP contribution in [-0.2, 0) is 6.42 Å². The third-order valence-electron chi connectivity index (χ3n) is 4.84. The van der Waals surface area contributed by atoms with Gasteiger partial charge in [0, 0.05) is 27.1 Å². The van der Waals surface area contributed by atoms with Gasteiger partial charge in [-0.15, -0.1) is 11.8 Å². The smallest absolute Gasteiger partial charge is 0.0740 e. The molecule has 0 radical (unpaired) electrons. The Morgan fingerprint density at radius 2 is 1.41 bits per heavy atom. The average molecular weight is 452 g/mol. The van der Waals surface area contributed by atoms with E-state index >= 15 is 0 Å². The van der Waals surface area contributed by atoms with E-state index in [-0.39, 0.29) is 0 Å². The quantitative estimate of drug-likeness (QED) is 0.125. The average Bonchev–Trinajstić information content (AvgIpc) is 2.83. The van der Waals surface area contributed by atoms with E-state index in [2.05, 4.69) is 96.3 Å². The molecule has 0 unspecified atom stereocenters. The van der Waals surface area contributed by atoms with Crippen molar-refractivity contribution >= 4 is 34.8 Å². The molecule has 0 aliphatic heterocycles. The maximum atomic E-state index is 4.63. The minimum atomic E-state index is 0.785. The predicted octanol–water partition coefficient (Wildman–Crippen LogP) is 7.68. The number of rotatable bonds is 6. The van der Waals surface area contributed by atoms with Gasteiger partial charge in [0.1, 0.15) is 0 Å². The highest BCUT2D eigenvalue weighted by Crippen LogP contribution is 2.20. The molecule has 0 spiro atoms. The van der Waals surface area contributed by atoms with E-state index in [4.69, 9.17) is 0 Å². The summed E-state index contributed by atoms with van der Waals surface area (Å²) in [5.74, 6) is 14.3. The van der Waals surface area contributed by atoms with Crippen LogP contribution in [0, 0.1) is 23.7 Å². The summed E-state index contributed by atoms with van der Waals surface area (Å²) >= 11 is 6.54. The predicted molar refractivity (Wildman–Crippen MR) is 141 cm³/mol. The number of hydrogen-bond acceptors (Lipinski definition) is 3. The maximum absolute atomic E-state index is 4.63. The minimum Gasteiger partial charge on any atom is -0.195 e. The second-order valence-corrected chi connectivity index (χ2v) is 8.55. The van der Waals surface area contributed by atoms with Gasteiger partial charge >= 0.3 is 0 Å². The van der Waals surface area contributed by atoms with Crippen LogP contribution in [0.3, 0.4) is 0 Å². The van der Waals surface area contributed by atoms with Gasteiger partial charge in [0.2, 0.25) is 0 Å². The summed E-state index contributed by atoms with van der Waals surface area (Å²) in [6, 6.07) is 22.4. The summed E-state index contributed by atoms with van der Waals surface area (Å²) in [7, 11) is 0. The van der Waals surface area contributed by atoms with E-state index in [1.54, 1.807) is 0 Å². The highest BCUT2D eigenvalue weighted by molar-refractivity contribution is 7.99. The molecule has 0 N–H and O–H groups in total. The Kier molecular flexibility index (Phi) is 9.37. The molecule has 3 rings (SSSR count). The summed E-state index contributed by atoms with van der Waals surface area (Å²) in [4.78, 5) is 5.27. The summed E-state index contributed by atoms with van der Waals surface area (Å²) in [6.07, 6.45) is 3.39. The summed E-state index contributed by atoms with van der Waals surface area (Å²) in [5.41, 5.74) is 6.01. The molecule has 158 valence electrons. The Morgan fingerprint density at radius 1 is 0.781 bits per heavy atom. The Balaban J connectivity index is 1.72. The van der Waals surface area contributed by atoms with Crippen molar-refractivity contribution in [3.63, 3.8) is 0 Å². The topological polar surface area (TPSA) is 12.4 Å². The molecule has 0 saturated carbocycles. The van der Waals surface area contributed by atoms with Crippen LogP contribution in [-0.4, -0.2) is 10.9 Å². The third-order valence-corrected chi connectivity index (χ3v) is 6.03. The molecule has 3 heteroatoms. The van der Waals surface area contributed by atoms with Crippen molar-refractivity contribution in [1.82, 2.24) is 0 Å². The van der Waals surface area contributed by atoms with Gasteiger partial charge in [0.05, 0.1) is 10.8 Å². The van der Waals surface area contributed by atoms with Gasteiger partial charge < -0.3 is 0 Å². The molecule has 0 saturated heterocycles. The van der Waals surface area contributed by atoms with Crippen LogP contribution in [0.4, 0.5) is 5.69 Å². The van der Waals surface area contributed by atoms with Crippen LogP contribution >= 0.6 is 24.0 Å². The molecular formula is C29H25NS2. The first-order chi connectivity index (χ1) is 15.7. The number of aliphatic imine (C=N–C) groups is 1. The lowest BCUT2D eigenvalue weighted by Crippen LogP contribution is -1.89. The maximum Gasteiger partial charge on any atom is 0.0740 e. The van der Waals surface area contributed by atoms with Gasteiger partial charge in [0.15, 0.2) is 0 Å². The number of unbranched alkanes of at least 4 members (excludes halogenated alkanes) is 1. The van der Waals surface area contributed by atoms with Crippen molar-refractivity contribution in [2.24, 2.45) is 4.99 Å². The molecule has 0 aromatic heterocycles. The van der Waals surface area contributed by atoms with Crippen LogP contribution in [0.25, 0.3) is 0 Å². The largest absolute Gasteiger partial charge is 0.195 e. The van der Waals surface area contributed by atoms with E-state index in [0.717, 1.165) is 34.4 Å². The second-order valence-electron chi connectivity index (χ2n) is 7.20. The van der Waals surface area contributed by atoms with Crippen molar-refractivity contribution in [3.8, 4) is 23.7 Å². The van der Waals surface area contributed by atoms with Crippen LogP contribution in [0.2, 0.25) is 0 Å². The van der Waals surface area contributed by atoms with Crippen LogP contribution in [0.1, 0.15) is 54.5 Å². The minimum absolute atomic E-state index is 0.785. The number of aryl methyl sites for hydroxylation is 1. The molecule has 32 heavy (non-hydrogen) atoms. The number of nitrogens with zero attached hydrogens (tertiary/aromatic N) is 1. The van der Waals surface area contributed by atoms with E-state index in [9.17, 15) is 0 Å². The molecule has 0 atom stereocenters. The highest BCUT2D eigenvalue weighted by atomic mass is 32.2. The highest BCUT2D eigenvalue weighted by Gasteiger charge is 2.00. The number of hydrogen-bond donors (Lipinski definition) is 0. The fraction of sp³-hybridized carbons (Fsp3) is 0.207. The Hall–Kier alpha value is -3.07. The van der Waals surface area contributed by atoms with Gasteiger partial charge in [-0.2, -0.15) is 4.99 Å². The van der Waals surface area contributed by atoms with Gasteiger partial charge in [-0.1, -0.05) is 44.0 Å². The van der Waals surface area contributed by atoms with Gasteiger partial charge in [-0.3, -0.25) is 0 Å². The monoisotopic (exact) mass is 451 g/mol. The first-order valence-corrected chi connectivity index (χ1v) is 12.2. The number of isothiocyanates is 1. The Morgan fingerprint density at radius 3 is 2.06 bits per heavy atom. The van der Waals surface area contributed by atoms with Crippen LogP contribution in [0.15, 0.2) is 76.6 Å². The van der Waals surface area contributed by atoms with Crippen LogP contribution in [0.5, 0.6) is 0 Å². The van der Waals surface area contributed by atoms with E-state index in [1.807, 2.05) is 42.1 Å². The Labute approximate surface area is 201 Å². The number of benzene rings is 3. The molecule has 0 aliphatic rings. The molecule has 0 amide bonds. The molecular weight excluding hydrogens is 426 g/mol. The first-order valence-electron chi connectivity index (χ1n) is 10.8. The van der Waals surface area contributed by atoms with Gasteiger partial charge in [-0.05, 0) is 103 Å². The van der Waals surface area contributed by atoms with Gasteiger partial charge in [0.25, 0.3) is 0 Å². The lowest BCUT2D eigenvalue weighted by atomic mass is 10.0. The summed E-state index contributed by atoms with van der Waals surface area (Å²) < 4.78 is 0. The van der Waals surface area contributed by atoms with Crippen LogP contribution < -0.4 is 0 Å². The summed E-state index contributed by atoms with van der Waals surface area (Å²) in [5, 5.41) is 2.37. The van der Waals surface area contributed by atoms with E-state index in [0.29, 0.717) is 0 Å². The zero-order valence-corrected chi connectivity index (χ0v) is 20.1. The molecule has 0 bridgehead atoms. The number of thioether (sulfide) groups is 1. The molecule has 0 aliphatic carbocycles. The standard InChI is InChI=1S/C29H25NS2/c1-3-5-20-32-29-18-12-23(13-19-29)6-7-25-9-15-27(26(4-2)21-25)14-8-24-10-16-28(17-11-24)30-22-31/h9-13,15-19,21H,3-5,20H2,1-2H3. The Bertz CT molecular complexity index is 1210. The fourth-order valence-corrected chi connectivity index (χ4v) is 4.11.